The molecule has 112 valence electrons. The number of fused-ring (bicyclic) bond motifs is 1. The van der Waals surface area contributed by atoms with Crippen LogP contribution in [0.3, 0.4) is 0 Å². The Hall–Kier alpha value is -2.30. The largest absolute Gasteiger partial charge is 0.493 e. The second-order valence-corrected chi connectivity index (χ2v) is 5.04. The molecule has 0 aliphatic carbocycles. The summed E-state index contributed by atoms with van der Waals surface area (Å²) in [6.45, 7) is 4.73. The molecule has 0 atom stereocenters. The predicted molar refractivity (Wildman–Crippen MR) is 80.2 cm³/mol. The molecule has 5 nitrogen and oxygen atoms in total. The summed E-state index contributed by atoms with van der Waals surface area (Å²) in [5.41, 5.74) is 2.41. The van der Waals surface area contributed by atoms with Gasteiger partial charge in [-0.05, 0) is 29.7 Å². The maximum absolute atomic E-state index is 11.7. The topological polar surface area (TPSA) is 58.6 Å². The number of ether oxygens (including phenoxy) is 1. The Morgan fingerprint density at radius 1 is 1.48 bits per heavy atom. The summed E-state index contributed by atoms with van der Waals surface area (Å²) in [6.07, 6.45) is 2.90. The van der Waals surface area contributed by atoms with Gasteiger partial charge in [-0.15, -0.1) is 0 Å². The van der Waals surface area contributed by atoms with E-state index in [-0.39, 0.29) is 18.4 Å². The number of carbonyl (C=O) groups excluding carboxylic acids is 2. The van der Waals surface area contributed by atoms with Crippen molar-refractivity contribution in [3.05, 3.63) is 42.0 Å². The van der Waals surface area contributed by atoms with Crippen LogP contribution >= 0.6 is 0 Å². The second-order valence-electron chi connectivity index (χ2n) is 5.04. The molecule has 0 saturated heterocycles. The van der Waals surface area contributed by atoms with Crippen molar-refractivity contribution in [3.8, 4) is 5.75 Å². The molecule has 5 heteroatoms. The lowest BCUT2D eigenvalue weighted by Gasteiger charge is -2.14. The Labute approximate surface area is 124 Å². The molecule has 0 bridgehead atoms. The number of benzene rings is 1. The van der Waals surface area contributed by atoms with Crippen molar-refractivity contribution in [2.24, 2.45) is 0 Å². The van der Waals surface area contributed by atoms with E-state index in [4.69, 9.17) is 4.74 Å². The lowest BCUT2D eigenvalue weighted by Crippen LogP contribution is -2.38. The Kier molecular flexibility index (Phi) is 4.98. The summed E-state index contributed by atoms with van der Waals surface area (Å²) in [5, 5.41) is 2.81. The van der Waals surface area contributed by atoms with E-state index >= 15 is 0 Å². The second kappa shape index (κ2) is 6.92. The van der Waals surface area contributed by atoms with Crippen LogP contribution in [0.1, 0.15) is 11.1 Å². The molecule has 1 aromatic carbocycles. The first-order valence-electron chi connectivity index (χ1n) is 6.99. The van der Waals surface area contributed by atoms with E-state index in [1.54, 1.807) is 7.05 Å². The lowest BCUT2D eigenvalue weighted by molar-refractivity contribution is -0.131. The van der Waals surface area contributed by atoms with Gasteiger partial charge in [0.15, 0.2) is 0 Å². The number of hydrogen-bond donors (Lipinski definition) is 1. The molecular weight excluding hydrogens is 268 g/mol. The number of rotatable bonds is 6. The highest BCUT2D eigenvalue weighted by atomic mass is 16.5. The van der Waals surface area contributed by atoms with Gasteiger partial charge in [-0.2, -0.15) is 0 Å². The highest BCUT2D eigenvalue weighted by Gasteiger charge is 2.12. The fourth-order valence-corrected chi connectivity index (χ4v) is 2.25. The molecule has 0 fully saturated rings. The third-order valence-electron chi connectivity index (χ3n) is 3.42. The highest BCUT2D eigenvalue weighted by molar-refractivity contribution is 5.90. The van der Waals surface area contributed by atoms with Crippen LogP contribution in [-0.4, -0.2) is 43.5 Å². The number of hydrogen-bond acceptors (Lipinski definition) is 3. The van der Waals surface area contributed by atoms with Crippen LogP contribution in [-0.2, 0) is 22.4 Å². The van der Waals surface area contributed by atoms with Gasteiger partial charge in [0.05, 0.1) is 13.2 Å². The zero-order valence-electron chi connectivity index (χ0n) is 12.2. The summed E-state index contributed by atoms with van der Waals surface area (Å²) < 4.78 is 5.46. The molecule has 0 unspecified atom stereocenters. The van der Waals surface area contributed by atoms with Crippen LogP contribution < -0.4 is 10.1 Å². The fourth-order valence-electron chi connectivity index (χ4n) is 2.25. The molecule has 0 aromatic heterocycles. The molecule has 0 saturated carbocycles. The van der Waals surface area contributed by atoms with Gasteiger partial charge in [-0.1, -0.05) is 18.7 Å². The zero-order chi connectivity index (χ0) is 15.2. The third kappa shape index (κ3) is 4.08. The van der Waals surface area contributed by atoms with Gasteiger partial charge in [0.2, 0.25) is 11.8 Å². The summed E-state index contributed by atoms with van der Waals surface area (Å²) in [6, 6.07) is 6.13. The number of carbonyl (C=O) groups is 2. The molecule has 0 spiro atoms. The first-order valence-corrected chi connectivity index (χ1v) is 6.99. The van der Waals surface area contributed by atoms with Crippen molar-refractivity contribution in [2.45, 2.75) is 12.8 Å². The van der Waals surface area contributed by atoms with Crippen LogP contribution in [0, 0.1) is 0 Å². The van der Waals surface area contributed by atoms with Crippen molar-refractivity contribution in [1.29, 1.82) is 0 Å². The number of nitrogens with zero attached hydrogens (tertiary/aromatic N) is 1. The van der Waals surface area contributed by atoms with E-state index < -0.39 is 0 Å². The average Bonchev–Trinajstić information content (AvgIpc) is 2.93. The SMILES string of the molecule is C=CC(=O)N(C)CC(=O)NCCc1ccc2c(c1)CCO2. The first kappa shape index (κ1) is 15.1. The first-order chi connectivity index (χ1) is 10.1. The van der Waals surface area contributed by atoms with Crippen LogP contribution in [0.5, 0.6) is 5.75 Å². The summed E-state index contributed by atoms with van der Waals surface area (Å²) in [4.78, 5) is 24.3. The quantitative estimate of drug-likeness (QED) is 0.792. The van der Waals surface area contributed by atoms with Gasteiger partial charge < -0.3 is 15.0 Å². The van der Waals surface area contributed by atoms with Crippen molar-refractivity contribution < 1.29 is 14.3 Å². The predicted octanol–water partition coefficient (Wildman–Crippen LogP) is 0.925. The Bertz CT molecular complexity index is 554. The molecule has 1 aliphatic heterocycles. The highest BCUT2D eigenvalue weighted by Crippen LogP contribution is 2.25. The summed E-state index contributed by atoms with van der Waals surface area (Å²) in [5.74, 6) is 0.535. The zero-order valence-corrected chi connectivity index (χ0v) is 12.2. The average molecular weight is 288 g/mol. The Balaban J connectivity index is 1.75. The van der Waals surface area contributed by atoms with Crippen molar-refractivity contribution >= 4 is 11.8 Å². The Morgan fingerprint density at radius 2 is 2.29 bits per heavy atom. The fraction of sp³-hybridized carbons (Fsp3) is 0.375. The van der Waals surface area contributed by atoms with E-state index in [1.165, 1.54) is 22.1 Å². The van der Waals surface area contributed by atoms with Crippen LogP contribution in [0.15, 0.2) is 30.9 Å². The van der Waals surface area contributed by atoms with Crippen molar-refractivity contribution in [3.63, 3.8) is 0 Å². The molecule has 1 aromatic rings. The van der Waals surface area contributed by atoms with E-state index in [1.807, 2.05) is 12.1 Å². The van der Waals surface area contributed by atoms with E-state index in [0.29, 0.717) is 6.54 Å². The molecule has 2 amide bonds. The minimum atomic E-state index is -0.260. The van der Waals surface area contributed by atoms with Crippen molar-refractivity contribution in [1.82, 2.24) is 10.2 Å². The Morgan fingerprint density at radius 3 is 3.05 bits per heavy atom. The van der Waals surface area contributed by atoms with Gasteiger partial charge in [0.1, 0.15) is 5.75 Å². The van der Waals surface area contributed by atoms with Gasteiger partial charge in [0.25, 0.3) is 0 Å². The van der Waals surface area contributed by atoms with Crippen molar-refractivity contribution in [2.75, 3.05) is 26.7 Å². The van der Waals surface area contributed by atoms with Crippen LogP contribution in [0.4, 0.5) is 0 Å². The molecule has 1 heterocycles. The smallest absolute Gasteiger partial charge is 0.246 e. The van der Waals surface area contributed by atoms with E-state index in [0.717, 1.165) is 25.2 Å². The molecule has 21 heavy (non-hydrogen) atoms. The maximum atomic E-state index is 11.7. The number of likely N-dealkylation sites (N-methyl/N-ethyl adjacent to an activating group) is 1. The molecule has 2 rings (SSSR count). The molecular formula is C16H20N2O3. The molecule has 1 aliphatic rings. The number of amides is 2. The third-order valence-corrected chi connectivity index (χ3v) is 3.42. The number of nitrogens with one attached hydrogen (secondary N) is 1. The van der Waals surface area contributed by atoms with Gasteiger partial charge in [-0.3, -0.25) is 9.59 Å². The van der Waals surface area contributed by atoms with Gasteiger partial charge in [0, 0.05) is 20.0 Å². The normalized spacial score (nSPS) is 12.2. The minimum Gasteiger partial charge on any atom is -0.493 e. The van der Waals surface area contributed by atoms with Crippen LogP contribution in [0.25, 0.3) is 0 Å². The lowest BCUT2D eigenvalue weighted by atomic mass is 10.1. The minimum absolute atomic E-state index is 0.0445. The summed E-state index contributed by atoms with van der Waals surface area (Å²) >= 11 is 0. The van der Waals surface area contributed by atoms with Crippen LogP contribution in [0.2, 0.25) is 0 Å². The molecule has 0 radical (unpaired) electrons. The monoisotopic (exact) mass is 288 g/mol. The van der Waals surface area contributed by atoms with Gasteiger partial charge >= 0.3 is 0 Å². The van der Waals surface area contributed by atoms with Gasteiger partial charge in [-0.25, -0.2) is 0 Å². The van der Waals surface area contributed by atoms with E-state index in [9.17, 15) is 9.59 Å². The van der Waals surface area contributed by atoms with E-state index in [2.05, 4.69) is 18.0 Å². The summed E-state index contributed by atoms with van der Waals surface area (Å²) in [7, 11) is 1.57. The maximum Gasteiger partial charge on any atom is 0.246 e. The standard InChI is InChI=1S/C16H20N2O3/c1-3-16(20)18(2)11-15(19)17-8-6-12-4-5-14-13(10-12)7-9-21-14/h3-5,10H,1,6-9,11H2,2H3,(H,17,19). The molecule has 1 N–H and O–H groups in total.